The van der Waals surface area contributed by atoms with Crippen LogP contribution in [0.2, 0.25) is 0 Å². The van der Waals surface area contributed by atoms with Gasteiger partial charge in [-0.25, -0.2) is 15.0 Å². The van der Waals surface area contributed by atoms with Crippen molar-refractivity contribution in [1.29, 1.82) is 5.26 Å². The lowest BCUT2D eigenvalue weighted by Crippen LogP contribution is -2.32. The average Bonchev–Trinajstić information content (AvgIpc) is 2.64. The minimum absolute atomic E-state index is 0.00654. The summed E-state index contributed by atoms with van der Waals surface area (Å²) in [4.78, 5) is 23.8. The maximum absolute atomic E-state index is 11.4. The predicted octanol–water partition coefficient (Wildman–Crippen LogP) is 1.64. The molecule has 2 aromatic heterocycles. The second-order valence-corrected chi connectivity index (χ2v) is 5.86. The molecule has 2 heterocycles. The van der Waals surface area contributed by atoms with Crippen LogP contribution in [-0.4, -0.2) is 33.0 Å². The molecule has 0 radical (unpaired) electrons. The van der Waals surface area contributed by atoms with Crippen molar-refractivity contribution in [2.75, 3.05) is 5.32 Å². The molecule has 1 fully saturated rings. The van der Waals surface area contributed by atoms with Gasteiger partial charge in [0, 0.05) is 12.2 Å². The molecule has 0 aromatic carbocycles. The Morgan fingerprint density at radius 2 is 1.96 bits per heavy atom. The summed E-state index contributed by atoms with van der Waals surface area (Å²) in [6, 6.07) is 5.50. The number of rotatable bonds is 5. The smallest absolute Gasteiger partial charge is 0.254 e. The van der Waals surface area contributed by atoms with Crippen LogP contribution in [0.25, 0.3) is 0 Å². The van der Waals surface area contributed by atoms with E-state index in [4.69, 9.17) is 15.7 Å². The van der Waals surface area contributed by atoms with Crippen molar-refractivity contribution < 1.29 is 9.53 Å². The first-order valence-electron chi connectivity index (χ1n) is 8.06. The van der Waals surface area contributed by atoms with E-state index in [1.807, 2.05) is 6.07 Å². The third-order valence-electron chi connectivity index (χ3n) is 4.10. The summed E-state index contributed by atoms with van der Waals surface area (Å²) in [6.45, 7) is 0. The van der Waals surface area contributed by atoms with Crippen LogP contribution in [0.5, 0.6) is 5.88 Å². The number of anilines is 1. The highest BCUT2D eigenvalue weighted by Crippen LogP contribution is 2.26. The number of nitriles is 1. The van der Waals surface area contributed by atoms with Crippen molar-refractivity contribution in [3.63, 3.8) is 0 Å². The highest BCUT2D eigenvalue weighted by Gasteiger charge is 2.24. The SMILES string of the molecule is N#Cc1cnc(NC2CCC(Oc3ncccc3C(N)=O)CC2)nc1. The van der Waals surface area contributed by atoms with Crippen LogP contribution in [-0.2, 0) is 0 Å². The monoisotopic (exact) mass is 338 g/mol. The van der Waals surface area contributed by atoms with E-state index in [1.165, 1.54) is 12.4 Å². The molecule has 0 aliphatic heterocycles. The Balaban J connectivity index is 1.53. The van der Waals surface area contributed by atoms with Gasteiger partial charge in [0.05, 0.1) is 18.0 Å². The van der Waals surface area contributed by atoms with Crippen molar-refractivity contribution in [3.05, 3.63) is 41.9 Å². The molecule has 1 amide bonds. The van der Waals surface area contributed by atoms with E-state index in [9.17, 15) is 4.79 Å². The van der Waals surface area contributed by atoms with Gasteiger partial charge in [-0.3, -0.25) is 4.79 Å². The number of ether oxygens (including phenoxy) is 1. The van der Waals surface area contributed by atoms with E-state index >= 15 is 0 Å². The fourth-order valence-electron chi connectivity index (χ4n) is 2.80. The van der Waals surface area contributed by atoms with Gasteiger partial charge >= 0.3 is 0 Å². The highest BCUT2D eigenvalue weighted by atomic mass is 16.5. The molecule has 0 bridgehead atoms. The molecule has 1 aliphatic carbocycles. The first-order valence-corrected chi connectivity index (χ1v) is 8.06. The van der Waals surface area contributed by atoms with Crippen molar-refractivity contribution >= 4 is 11.9 Å². The van der Waals surface area contributed by atoms with E-state index in [2.05, 4.69) is 20.3 Å². The van der Waals surface area contributed by atoms with E-state index in [0.29, 0.717) is 23.0 Å². The molecular weight excluding hydrogens is 320 g/mol. The molecule has 128 valence electrons. The zero-order valence-electron chi connectivity index (χ0n) is 13.6. The maximum atomic E-state index is 11.4. The summed E-state index contributed by atoms with van der Waals surface area (Å²) < 4.78 is 5.87. The van der Waals surface area contributed by atoms with Gasteiger partial charge in [-0.2, -0.15) is 5.26 Å². The Bertz CT molecular complexity index is 778. The number of nitrogens with one attached hydrogen (secondary N) is 1. The van der Waals surface area contributed by atoms with Gasteiger partial charge in [0.25, 0.3) is 5.91 Å². The third-order valence-corrected chi connectivity index (χ3v) is 4.10. The van der Waals surface area contributed by atoms with Crippen LogP contribution in [0.4, 0.5) is 5.95 Å². The van der Waals surface area contributed by atoms with Gasteiger partial charge in [-0.1, -0.05) is 0 Å². The predicted molar refractivity (Wildman–Crippen MR) is 89.8 cm³/mol. The number of nitrogens with zero attached hydrogens (tertiary/aromatic N) is 4. The maximum Gasteiger partial charge on any atom is 0.254 e. The fourth-order valence-corrected chi connectivity index (χ4v) is 2.80. The van der Waals surface area contributed by atoms with Crippen molar-refractivity contribution in [3.8, 4) is 11.9 Å². The number of aromatic nitrogens is 3. The first-order chi connectivity index (χ1) is 12.2. The normalized spacial score (nSPS) is 19.6. The Morgan fingerprint density at radius 1 is 1.24 bits per heavy atom. The molecule has 3 rings (SSSR count). The Morgan fingerprint density at radius 3 is 2.60 bits per heavy atom. The second-order valence-electron chi connectivity index (χ2n) is 5.86. The number of carbonyl (C=O) groups excluding carboxylic acids is 1. The third kappa shape index (κ3) is 4.20. The zero-order chi connectivity index (χ0) is 17.6. The van der Waals surface area contributed by atoms with Gasteiger partial charge in [0.15, 0.2) is 0 Å². The molecule has 8 heteroatoms. The standard InChI is InChI=1S/C17H18N6O2/c18-8-11-9-21-17(22-10-11)23-12-3-5-13(6-4-12)25-16-14(15(19)24)2-1-7-20-16/h1-2,7,9-10,12-13H,3-6H2,(H2,19,24)(H,21,22,23). The van der Waals surface area contributed by atoms with E-state index < -0.39 is 5.91 Å². The van der Waals surface area contributed by atoms with Crippen LogP contribution in [0.3, 0.4) is 0 Å². The number of nitrogens with two attached hydrogens (primary N) is 1. The van der Waals surface area contributed by atoms with Crippen LogP contribution in [0, 0.1) is 11.3 Å². The van der Waals surface area contributed by atoms with Crippen LogP contribution in [0.15, 0.2) is 30.7 Å². The largest absolute Gasteiger partial charge is 0.474 e. The summed E-state index contributed by atoms with van der Waals surface area (Å²) in [5, 5.41) is 12.0. The van der Waals surface area contributed by atoms with Crippen molar-refractivity contribution in [2.24, 2.45) is 5.73 Å². The van der Waals surface area contributed by atoms with Gasteiger partial charge in [0.1, 0.15) is 17.7 Å². The van der Waals surface area contributed by atoms with Gasteiger partial charge in [-0.15, -0.1) is 0 Å². The van der Waals surface area contributed by atoms with Gasteiger partial charge in [-0.05, 0) is 37.8 Å². The van der Waals surface area contributed by atoms with Crippen molar-refractivity contribution in [1.82, 2.24) is 15.0 Å². The van der Waals surface area contributed by atoms with Crippen LogP contribution >= 0.6 is 0 Å². The van der Waals surface area contributed by atoms with Crippen LogP contribution < -0.4 is 15.8 Å². The molecule has 3 N–H and O–H groups in total. The van der Waals surface area contributed by atoms with E-state index in [-0.39, 0.29) is 12.1 Å². The van der Waals surface area contributed by atoms with Gasteiger partial charge in [0.2, 0.25) is 11.8 Å². The Labute approximate surface area is 145 Å². The Hall–Kier alpha value is -3.21. The van der Waals surface area contributed by atoms with E-state index in [0.717, 1.165) is 25.7 Å². The minimum Gasteiger partial charge on any atom is -0.474 e. The number of carbonyl (C=O) groups is 1. The average molecular weight is 338 g/mol. The van der Waals surface area contributed by atoms with Gasteiger partial charge < -0.3 is 15.8 Å². The second kappa shape index (κ2) is 7.57. The van der Waals surface area contributed by atoms with Crippen LogP contribution in [0.1, 0.15) is 41.6 Å². The number of amides is 1. The summed E-state index contributed by atoms with van der Waals surface area (Å²) in [5.74, 6) is 0.266. The molecular formula is C17H18N6O2. The number of pyridine rings is 1. The van der Waals surface area contributed by atoms with Crippen molar-refractivity contribution in [2.45, 2.75) is 37.8 Å². The molecule has 2 aromatic rings. The summed E-state index contributed by atoms with van der Waals surface area (Å²) in [6.07, 6.45) is 7.97. The summed E-state index contributed by atoms with van der Waals surface area (Å²) in [5.41, 5.74) is 6.08. The highest BCUT2D eigenvalue weighted by molar-refractivity contribution is 5.94. The molecule has 1 saturated carbocycles. The first kappa shape index (κ1) is 16.6. The lowest BCUT2D eigenvalue weighted by atomic mass is 9.93. The lowest BCUT2D eigenvalue weighted by molar-refractivity contribution is 0.0983. The molecule has 0 atom stereocenters. The fraction of sp³-hybridized carbons (Fsp3) is 0.353. The Kier molecular flexibility index (Phi) is 5.04. The molecule has 25 heavy (non-hydrogen) atoms. The quantitative estimate of drug-likeness (QED) is 0.848. The molecule has 0 unspecified atom stereocenters. The molecule has 0 spiro atoms. The topological polar surface area (TPSA) is 127 Å². The van der Waals surface area contributed by atoms with E-state index in [1.54, 1.807) is 18.3 Å². The zero-order valence-corrected chi connectivity index (χ0v) is 13.6. The number of hydrogen-bond acceptors (Lipinski definition) is 7. The summed E-state index contributed by atoms with van der Waals surface area (Å²) in [7, 11) is 0. The minimum atomic E-state index is -0.545. The number of hydrogen-bond donors (Lipinski definition) is 2. The molecule has 8 nitrogen and oxygen atoms in total. The molecule has 0 saturated heterocycles. The summed E-state index contributed by atoms with van der Waals surface area (Å²) >= 11 is 0. The lowest BCUT2D eigenvalue weighted by Gasteiger charge is -2.29. The molecule has 1 aliphatic rings. The number of primary amides is 1.